The Morgan fingerprint density at radius 2 is 2.00 bits per heavy atom. The molecule has 0 radical (unpaired) electrons. The molecule has 0 aliphatic heterocycles. The maximum Gasteiger partial charge on any atom is 0.250 e. The third-order valence-electron chi connectivity index (χ3n) is 3.71. The lowest BCUT2D eigenvalue weighted by Crippen LogP contribution is -2.31. The second kappa shape index (κ2) is 7.99. The molecule has 4 nitrogen and oxygen atoms in total. The average molecular weight is 267 g/mol. The molecule has 1 rings (SSSR count). The number of unbranched alkanes of at least 4 members (excludes halogenated alkanes) is 1. The van der Waals surface area contributed by atoms with Crippen molar-refractivity contribution in [3.63, 3.8) is 0 Å². The van der Waals surface area contributed by atoms with Crippen molar-refractivity contribution < 1.29 is 24.1 Å². The molecule has 0 amide bonds. The molecule has 0 bridgehead atoms. The van der Waals surface area contributed by atoms with Gasteiger partial charge in [0.05, 0.1) is 0 Å². The van der Waals surface area contributed by atoms with Gasteiger partial charge in [-0.1, -0.05) is 12.8 Å². The van der Waals surface area contributed by atoms with Crippen molar-refractivity contribution in [3.05, 3.63) is 0 Å². The molecule has 6 heteroatoms. The number of rotatable bonds is 9. The molecule has 3 N–H and O–H groups in total. The number of hydrogen-bond acceptors (Lipinski definition) is 4. The number of nitrogens with one attached hydrogen (secondary N) is 1. The Labute approximate surface area is 106 Å². The second-order valence-corrected chi connectivity index (χ2v) is 5.08. The fourth-order valence-corrected chi connectivity index (χ4v) is 2.68. The smallest absolute Gasteiger partial charge is 0.250 e. The summed E-state index contributed by atoms with van der Waals surface area (Å²) >= 11 is 0. The van der Waals surface area contributed by atoms with E-state index in [9.17, 15) is 8.78 Å². The van der Waals surface area contributed by atoms with Crippen LogP contribution < -0.4 is 5.48 Å². The molecule has 2 unspecified atom stereocenters. The van der Waals surface area contributed by atoms with Gasteiger partial charge in [-0.3, -0.25) is 0 Å². The SMILES string of the molecule is OCCC(F)(F)CCCCC1CCCC1NOO. The minimum absolute atomic E-state index is 0.132. The zero-order chi connectivity index (χ0) is 13.4. The zero-order valence-corrected chi connectivity index (χ0v) is 10.6. The highest BCUT2D eigenvalue weighted by molar-refractivity contribution is 4.81. The summed E-state index contributed by atoms with van der Waals surface area (Å²) in [6.07, 6.45) is 4.56. The Morgan fingerprint density at radius 3 is 2.67 bits per heavy atom. The Bertz CT molecular complexity index is 229. The standard InChI is InChI=1S/C12H23F2NO3/c13-12(14,8-9-16)7-2-1-4-10-5-3-6-11(10)15-18-17/h10-11,15-17H,1-9H2. The van der Waals surface area contributed by atoms with Crippen LogP contribution in [0.4, 0.5) is 8.78 Å². The molecular weight excluding hydrogens is 244 g/mol. The topological polar surface area (TPSA) is 61.7 Å². The van der Waals surface area contributed by atoms with Gasteiger partial charge >= 0.3 is 0 Å². The normalized spacial score (nSPS) is 24.7. The summed E-state index contributed by atoms with van der Waals surface area (Å²) < 4.78 is 26.2. The van der Waals surface area contributed by atoms with Crippen LogP contribution in [0.25, 0.3) is 0 Å². The molecule has 0 spiro atoms. The maximum atomic E-state index is 13.1. The van der Waals surface area contributed by atoms with Gasteiger partial charge in [-0.2, -0.15) is 5.48 Å². The van der Waals surface area contributed by atoms with Crippen LogP contribution in [-0.2, 0) is 4.99 Å². The quantitative estimate of drug-likeness (QED) is 0.341. The summed E-state index contributed by atoms with van der Waals surface area (Å²) in [6, 6.07) is 0.132. The van der Waals surface area contributed by atoms with E-state index in [2.05, 4.69) is 10.5 Å². The Hall–Kier alpha value is -0.300. The van der Waals surface area contributed by atoms with E-state index >= 15 is 0 Å². The first-order valence-corrected chi connectivity index (χ1v) is 6.63. The molecule has 1 fully saturated rings. The Balaban J connectivity index is 2.13. The predicted molar refractivity (Wildman–Crippen MR) is 63.1 cm³/mol. The Kier molecular flexibility index (Phi) is 6.99. The number of halogens is 2. The van der Waals surface area contributed by atoms with Crippen LogP contribution in [-0.4, -0.2) is 28.9 Å². The molecule has 18 heavy (non-hydrogen) atoms. The van der Waals surface area contributed by atoms with Gasteiger partial charge in [-0.05, 0) is 31.6 Å². The summed E-state index contributed by atoms with van der Waals surface area (Å²) in [5.74, 6) is -2.35. The van der Waals surface area contributed by atoms with Crippen molar-refractivity contribution in [1.29, 1.82) is 0 Å². The highest BCUT2D eigenvalue weighted by atomic mass is 19.3. The van der Waals surface area contributed by atoms with Gasteiger partial charge in [0, 0.05) is 25.5 Å². The van der Waals surface area contributed by atoms with E-state index in [0.29, 0.717) is 12.3 Å². The molecule has 1 aliphatic rings. The van der Waals surface area contributed by atoms with E-state index in [4.69, 9.17) is 10.4 Å². The van der Waals surface area contributed by atoms with Gasteiger partial charge in [0.15, 0.2) is 0 Å². The van der Waals surface area contributed by atoms with Crippen molar-refractivity contribution >= 4 is 0 Å². The highest BCUT2D eigenvalue weighted by Gasteiger charge is 2.29. The number of aliphatic hydroxyl groups is 1. The molecule has 2 atom stereocenters. The first-order valence-electron chi connectivity index (χ1n) is 6.63. The summed E-state index contributed by atoms with van der Waals surface area (Å²) in [4.78, 5) is 3.95. The van der Waals surface area contributed by atoms with E-state index in [-0.39, 0.29) is 12.5 Å². The van der Waals surface area contributed by atoms with Crippen molar-refractivity contribution in [2.75, 3.05) is 6.61 Å². The second-order valence-electron chi connectivity index (χ2n) is 5.08. The van der Waals surface area contributed by atoms with Crippen molar-refractivity contribution in [2.45, 2.75) is 63.3 Å². The van der Waals surface area contributed by atoms with Crippen LogP contribution in [0.15, 0.2) is 0 Å². The fraction of sp³-hybridized carbons (Fsp3) is 1.00. The number of hydrogen-bond donors (Lipinski definition) is 3. The molecule has 0 saturated heterocycles. The largest absolute Gasteiger partial charge is 0.396 e. The summed E-state index contributed by atoms with van der Waals surface area (Å²) in [5.41, 5.74) is 2.55. The van der Waals surface area contributed by atoms with E-state index in [1.807, 2.05) is 0 Å². The lowest BCUT2D eigenvalue weighted by molar-refractivity contribution is -0.301. The molecule has 1 saturated carbocycles. The highest BCUT2D eigenvalue weighted by Crippen LogP contribution is 2.31. The molecule has 0 heterocycles. The maximum absolute atomic E-state index is 13.1. The van der Waals surface area contributed by atoms with Gasteiger partial charge in [0.1, 0.15) is 0 Å². The average Bonchev–Trinajstić information content (AvgIpc) is 2.73. The van der Waals surface area contributed by atoms with Crippen LogP contribution >= 0.6 is 0 Å². The van der Waals surface area contributed by atoms with E-state index in [1.165, 1.54) is 0 Å². The molecule has 0 aromatic heterocycles. The van der Waals surface area contributed by atoms with Gasteiger partial charge in [0.2, 0.25) is 5.92 Å². The van der Waals surface area contributed by atoms with Gasteiger partial charge < -0.3 is 5.11 Å². The number of alkyl halides is 2. The lowest BCUT2D eigenvalue weighted by Gasteiger charge is -2.19. The first-order chi connectivity index (χ1) is 8.59. The monoisotopic (exact) mass is 267 g/mol. The van der Waals surface area contributed by atoms with Crippen molar-refractivity contribution in [3.8, 4) is 0 Å². The Morgan fingerprint density at radius 1 is 1.22 bits per heavy atom. The molecule has 108 valence electrons. The lowest BCUT2D eigenvalue weighted by atomic mass is 9.95. The molecule has 1 aliphatic carbocycles. The van der Waals surface area contributed by atoms with Crippen LogP contribution in [0.1, 0.15) is 51.4 Å². The fourth-order valence-electron chi connectivity index (χ4n) is 2.68. The summed E-state index contributed by atoms with van der Waals surface area (Å²) in [7, 11) is 0. The third kappa shape index (κ3) is 5.56. The third-order valence-corrected chi connectivity index (χ3v) is 3.71. The van der Waals surface area contributed by atoms with E-state index in [0.717, 1.165) is 32.1 Å². The van der Waals surface area contributed by atoms with Crippen molar-refractivity contribution in [2.24, 2.45) is 5.92 Å². The van der Waals surface area contributed by atoms with E-state index < -0.39 is 19.0 Å². The van der Waals surface area contributed by atoms with Gasteiger partial charge in [0.25, 0.3) is 0 Å². The predicted octanol–water partition coefficient (Wildman–Crippen LogP) is 2.73. The van der Waals surface area contributed by atoms with Gasteiger partial charge in [-0.25, -0.2) is 14.0 Å². The van der Waals surface area contributed by atoms with Crippen LogP contribution in [0.2, 0.25) is 0 Å². The zero-order valence-electron chi connectivity index (χ0n) is 10.6. The van der Waals surface area contributed by atoms with Crippen LogP contribution in [0.3, 0.4) is 0 Å². The summed E-state index contributed by atoms with van der Waals surface area (Å²) in [6.45, 7) is -0.463. The minimum atomic E-state index is -2.74. The van der Waals surface area contributed by atoms with Gasteiger partial charge in [-0.15, -0.1) is 4.99 Å². The van der Waals surface area contributed by atoms with E-state index in [1.54, 1.807) is 0 Å². The summed E-state index contributed by atoms with van der Waals surface area (Å²) in [5, 5.41) is 16.8. The number of hydroxylamine groups is 1. The minimum Gasteiger partial charge on any atom is -0.396 e. The number of aliphatic hydroxyl groups excluding tert-OH is 1. The van der Waals surface area contributed by atoms with Crippen molar-refractivity contribution in [1.82, 2.24) is 5.48 Å². The molecule has 0 aromatic carbocycles. The molecular formula is C12H23F2NO3. The molecule has 0 aromatic rings. The van der Waals surface area contributed by atoms with Crippen LogP contribution in [0.5, 0.6) is 0 Å². The first kappa shape index (κ1) is 15.8. The van der Waals surface area contributed by atoms with Crippen LogP contribution in [0, 0.1) is 5.92 Å².